The van der Waals surface area contributed by atoms with Crippen LogP contribution in [0.15, 0.2) is 60.2 Å². The molecular weight excluding hydrogens is 346 g/mol. The molecule has 1 aliphatic heterocycles. The lowest BCUT2D eigenvalue weighted by Gasteiger charge is -2.47. The van der Waals surface area contributed by atoms with Crippen molar-refractivity contribution < 1.29 is 9.53 Å². The summed E-state index contributed by atoms with van der Waals surface area (Å²) in [5.74, 6) is 1.78. The topological polar surface area (TPSA) is 29.5 Å². The van der Waals surface area contributed by atoms with Gasteiger partial charge < -0.3 is 9.64 Å². The number of methoxy groups -OCH3 is 1. The van der Waals surface area contributed by atoms with Crippen molar-refractivity contribution in [1.82, 2.24) is 4.90 Å². The maximum Gasteiger partial charge on any atom is 0.223 e. The standard InChI is InChI=1S/C25H29NO2/c1-18(21-6-4-3-5-7-21)26-24-14-10-20(17-22(24)11-15-25(26)27)16-19-8-12-23(28-2)13-9-19/h3-9,12-13,16,18,22,24H,10-11,14-15,17H2,1-2H3/b20-16+/t18-,22-,24-/m1/s1. The van der Waals surface area contributed by atoms with E-state index in [4.69, 9.17) is 4.74 Å². The van der Waals surface area contributed by atoms with Crippen molar-refractivity contribution in [3.05, 3.63) is 71.3 Å². The summed E-state index contributed by atoms with van der Waals surface area (Å²) >= 11 is 0. The van der Waals surface area contributed by atoms with Gasteiger partial charge in [-0.05, 0) is 61.8 Å². The van der Waals surface area contributed by atoms with Gasteiger partial charge in [0, 0.05) is 12.5 Å². The normalized spacial score (nSPS) is 24.7. The van der Waals surface area contributed by atoms with Gasteiger partial charge in [-0.2, -0.15) is 0 Å². The van der Waals surface area contributed by atoms with Crippen molar-refractivity contribution in [2.45, 2.75) is 51.1 Å². The van der Waals surface area contributed by atoms with E-state index in [0.29, 0.717) is 24.3 Å². The number of hydrogen-bond donors (Lipinski definition) is 0. The van der Waals surface area contributed by atoms with E-state index in [-0.39, 0.29) is 6.04 Å². The average Bonchev–Trinajstić information content (AvgIpc) is 2.74. The Kier molecular flexibility index (Phi) is 5.52. The molecular formula is C25H29NO2. The minimum Gasteiger partial charge on any atom is -0.497 e. The molecule has 3 nitrogen and oxygen atoms in total. The number of ether oxygens (including phenoxy) is 1. The molecule has 2 fully saturated rings. The van der Waals surface area contributed by atoms with Gasteiger partial charge >= 0.3 is 0 Å². The SMILES string of the molecule is COc1ccc(/C=C2\CC[C@@H]3[C@H](CCC(=O)N3[C@H](C)c3ccccc3)C2)cc1. The number of rotatable bonds is 4. The fourth-order valence-corrected chi connectivity index (χ4v) is 4.89. The Morgan fingerprint density at radius 1 is 1.04 bits per heavy atom. The van der Waals surface area contributed by atoms with Crippen molar-refractivity contribution in [3.63, 3.8) is 0 Å². The van der Waals surface area contributed by atoms with Crippen LogP contribution in [-0.4, -0.2) is 24.0 Å². The maximum absolute atomic E-state index is 12.8. The van der Waals surface area contributed by atoms with Gasteiger partial charge in [0.15, 0.2) is 0 Å². The van der Waals surface area contributed by atoms with Crippen molar-refractivity contribution in [1.29, 1.82) is 0 Å². The molecule has 2 aromatic carbocycles. The predicted octanol–water partition coefficient (Wildman–Crippen LogP) is 5.63. The molecule has 0 N–H and O–H groups in total. The summed E-state index contributed by atoms with van der Waals surface area (Å²) in [5.41, 5.74) is 3.97. The Balaban J connectivity index is 1.50. The Hall–Kier alpha value is -2.55. The first kappa shape index (κ1) is 18.8. The number of amides is 1. The van der Waals surface area contributed by atoms with Crippen LogP contribution in [0.4, 0.5) is 0 Å². The zero-order valence-corrected chi connectivity index (χ0v) is 16.8. The molecule has 0 unspecified atom stereocenters. The van der Waals surface area contributed by atoms with Gasteiger partial charge in [0.05, 0.1) is 13.2 Å². The summed E-state index contributed by atoms with van der Waals surface area (Å²) in [6.45, 7) is 2.18. The monoisotopic (exact) mass is 375 g/mol. The fraction of sp³-hybridized carbons (Fsp3) is 0.400. The second-order valence-electron chi connectivity index (χ2n) is 8.07. The van der Waals surface area contributed by atoms with E-state index in [2.05, 4.69) is 54.3 Å². The van der Waals surface area contributed by atoms with Crippen molar-refractivity contribution in [3.8, 4) is 5.75 Å². The molecule has 1 aliphatic carbocycles. The quantitative estimate of drug-likeness (QED) is 0.693. The van der Waals surface area contributed by atoms with Gasteiger partial charge in [-0.25, -0.2) is 0 Å². The summed E-state index contributed by atoms with van der Waals surface area (Å²) in [4.78, 5) is 15.0. The molecule has 1 amide bonds. The number of benzene rings is 2. The van der Waals surface area contributed by atoms with Crippen molar-refractivity contribution in [2.75, 3.05) is 7.11 Å². The van der Waals surface area contributed by atoms with E-state index in [9.17, 15) is 4.79 Å². The molecule has 0 radical (unpaired) electrons. The number of allylic oxidation sites excluding steroid dienone is 1. The lowest BCUT2D eigenvalue weighted by atomic mass is 9.74. The average molecular weight is 376 g/mol. The highest BCUT2D eigenvalue weighted by molar-refractivity contribution is 5.78. The Labute approximate surface area is 168 Å². The van der Waals surface area contributed by atoms with Crippen LogP contribution < -0.4 is 4.74 Å². The minimum atomic E-state index is 0.147. The first-order valence-corrected chi connectivity index (χ1v) is 10.4. The van der Waals surface area contributed by atoms with Crippen LogP contribution in [0.3, 0.4) is 0 Å². The maximum atomic E-state index is 12.8. The molecule has 0 aromatic heterocycles. The molecule has 4 rings (SSSR count). The minimum absolute atomic E-state index is 0.147. The van der Waals surface area contributed by atoms with E-state index in [0.717, 1.165) is 31.4 Å². The summed E-state index contributed by atoms with van der Waals surface area (Å²) in [6.07, 6.45) is 7.25. The highest BCUT2D eigenvalue weighted by Crippen LogP contribution is 2.42. The highest BCUT2D eigenvalue weighted by Gasteiger charge is 2.40. The number of fused-ring (bicyclic) bond motifs is 1. The van der Waals surface area contributed by atoms with Crippen molar-refractivity contribution >= 4 is 12.0 Å². The van der Waals surface area contributed by atoms with Gasteiger partial charge in [-0.1, -0.05) is 54.1 Å². The molecule has 2 aliphatic rings. The third-order valence-corrected chi connectivity index (χ3v) is 6.39. The van der Waals surface area contributed by atoms with Crippen LogP contribution in [0.2, 0.25) is 0 Å². The summed E-state index contributed by atoms with van der Waals surface area (Å²) < 4.78 is 5.25. The van der Waals surface area contributed by atoms with E-state index in [1.165, 1.54) is 16.7 Å². The fourth-order valence-electron chi connectivity index (χ4n) is 4.89. The zero-order valence-electron chi connectivity index (χ0n) is 16.8. The van der Waals surface area contributed by atoms with Gasteiger partial charge in [0.1, 0.15) is 5.75 Å². The molecule has 0 bridgehead atoms. The lowest BCUT2D eigenvalue weighted by Crippen LogP contribution is -2.51. The summed E-state index contributed by atoms with van der Waals surface area (Å²) in [7, 11) is 1.70. The number of hydrogen-bond acceptors (Lipinski definition) is 2. The first-order chi connectivity index (χ1) is 13.7. The number of piperidine rings is 1. The molecule has 28 heavy (non-hydrogen) atoms. The van der Waals surface area contributed by atoms with E-state index >= 15 is 0 Å². The molecule has 1 saturated heterocycles. The predicted molar refractivity (Wildman–Crippen MR) is 113 cm³/mol. The Morgan fingerprint density at radius 3 is 2.50 bits per heavy atom. The van der Waals surface area contributed by atoms with E-state index in [1.807, 2.05) is 18.2 Å². The number of likely N-dealkylation sites (tertiary alicyclic amines) is 1. The van der Waals surface area contributed by atoms with Crippen LogP contribution in [0.25, 0.3) is 6.08 Å². The molecule has 2 aromatic rings. The smallest absolute Gasteiger partial charge is 0.223 e. The van der Waals surface area contributed by atoms with Crippen LogP contribution in [-0.2, 0) is 4.79 Å². The molecule has 146 valence electrons. The zero-order chi connectivity index (χ0) is 19.5. The lowest BCUT2D eigenvalue weighted by molar-refractivity contribution is -0.142. The third kappa shape index (κ3) is 3.84. The largest absolute Gasteiger partial charge is 0.497 e. The highest BCUT2D eigenvalue weighted by atomic mass is 16.5. The first-order valence-electron chi connectivity index (χ1n) is 10.4. The van der Waals surface area contributed by atoms with Gasteiger partial charge in [-0.15, -0.1) is 0 Å². The van der Waals surface area contributed by atoms with E-state index < -0.39 is 0 Å². The van der Waals surface area contributed by atoms with Crippen molar-refractivity contribution in [2.24, 2.45) is 5.92 Å². The third-order valence-electron chi connectivity index (χ3n) is 6.39. The van der Waals surface area contributed by atoms with Gasteiger partial charge in [0.2, 0.25) is 5.91 Å². The number of carbonyl (C=O) groups excluding carboxylic acids is 1. The van der Waals surface area contributed by atoms with Gasteiger partial charge in [0.25, 0.3) is 0 Å². The Morgan fingerprint density at radius 2 is 1.79 bits per heavy atom. The summed E-state index contributed by atoms with van der Waals surface area (Å²) in [5, 5.41) is 0. The second kappa shape index (κ2) is 8.22. The van der Waals surface area contributed by atoms with E-state index in [1.54, 1.807) is 7.11 Å². The molecule has 3 atom stereocenters. The number of nitrogens with zero attached hydrogens (tertiary/aromatic N) is 1. The van der Waals surface area contributed by atoms with Crippen LogP contribution in [0.1, 0.15) is 56.2 Å². The summed E-state index contributed by atoms with van der Waals surface area (Å²) in [6, 6.07) is 19.2. The molecule has 3 heteroatoms. The van der Waals surface area contributed by atoms with Crippen LogP contribution >= 0.6 is 0 Å². The molecule has 0 spiro atoms. The van der Waals surface area contributed by atoms with Crippen LogP contribution in [0.5, 0.6) is 5.75 Å². The molecule has 1 heterocycles. The van der Waals surface area contributed by atoms with Crippen LogP contribution in [0, 0.1) is 5.92 Å². The Bertz CT molecular complexity index is 841. The molecule has 1 saturated carbocycles. The second-order valence-corrected chi connectivity index (χ2v) is 8.07. The van der Waals surface area contributed by atoms with Gasteiger partial charge in [-0.3, -0.25) is 4.79 Å². The number of carbonyl (C=O) groups is 1.